The zero-order valence-electron chi connectivity index (χ0n) is 13.9. The Morgan fingerprint density at radius 3 is 2.83 bits per heavy atom. The molecule has 0 aliphatic carbocycles. The van der Waals surface area contributed by atoms with Gasteiger partial charge in [-0.1, -0.05) is 0 Å². The van der Waals surface area contributed by atoms with E-state index in [0.29, 0.717) is 24.7 Å². The summed E-state index contributed by atoms with van der Waals surface area (Å²) in [5, 5.41) is 8.72. The zero-order valence-corrected chi connectivity index (χ0v) is 13.9. The number of hydrogen-bond donors (Lipinski definition) is 0. The summed E-state index contributed by atoms with van der Waals surface area (Å²) >= 11 is 0. The van der Waals surface area contributed by atoms with Gasteiger partial charge in [0.15, 0.2) is 11.4 Å². The normalized spacial score (nSPS) is 12.7. The van der Waals surface area contributed by atoms with E-state index in [1.807, 2.05) is 52.4 Å². The molecule has 0 radical (unpaired) electrons. The fourth-order valence-electron chi connectivity index (χ4n) is 2.54. The second-order valence-corrected chi connectivity index (χ2v) is 5.18. The highest BCUT2D eigenvalue weighted by Crippen LogP contribution is 2.33. The summed E-state index contributed by atoms with van der Waals surface area (Å²) < 4.78 is 14.9. The highest BCUT2D eigenvalue weighted by atomic mass is 16.5. The first-order valence-electron chi connectivity index (χ1n) is 7.79. The molecule has 122 valence electrons. The average molecular weight is 315 g/mol. The lowest BCUT2D eigenvalue weighted by Gasteiger charge is -2.12. The van der Waals surface area contributed by atoms with E-state index in [4.69, 9.17) is 9.47 Å². The van der Waals surface area contributed by atoms with E-state index in [2.05, 4.69) is 15.2 Å². The lowest BCUT2D eigenvalue weighted by Crippen LogP contribution is -2.09. The maximum absolute atomic E-state index is 5.84. The van der Waals surface area contributed by atoms with Gasteiger partial charge in [0, 0.05) is 30.1 Å². The lowest BCUT2D eigenvalue weighted by molar-refractivity contribution is 0.0160. The molecule has 7 heteroatoms. The Morgan fingerprint density at radius 2 is 2.09 bits per heavy atom. The van der Waals surface area contributed by atoms with Crippen molar-refractivity contribution in [3.8, 4) is 16.9 Å². The molecule has 0 N–H and O–H groups in total. The minimum atomic E-state index is -0.108. The van der Waals surface area contributed by atoms with Crippen LogP contribution in [0.1, 0.15) is 32.8 Å². The number of ether oxygens (including phenoxy) is 2. The molecule has 0 aromatic carbocycles. The van der Waals surface area contributed by atoms with Crippen LogP contribution in [0.3, 0.4) is 0 Å². The van der Waals surface area contributed by atoms with Crippen LogP contribution in [0.2, 0.25) is 0 Å². The second kappa shape index (κ2) is 6.37. The number of fused-ring (bicyclic) bond motifs is 1. The summed E-state index contributed by atoms with van der Waals surface area (Å²) in [5.74, 6) is 1.43. The molecule has 0 fully saturated rings. The van der Waals surface area contributed by atoms with Crippen LogP contribution < -0.4 is 4.74 Å². The van der Waals surface area contributed by atoms with Gasteiger partial charge in [0.05, 0.1) is 12.8 Å². The van der Waals surface area contributed by atoms with Crippen molar-refractivity contribution in [1.29, 1.82) is 0 Å². The van der Waals surface area contributed by atoms with Crippen LogP contribution in [-0.4, -0.2) is 37.6 Å². The van der Waals surface area contributed by atoms with E-state index >= 15 is 0 Å². The van der Waals surface area contributed by atoms with Crippen LogP contribution >= 0.6 is 0 Å². The van der Waals surface area contributed by atoms with Crippen molar-refractivity contribution in [1.82, 2.24) is 24.4 Å². The molecule has 3 heterocycles. The van der Waals surface area contributed by atoms with Gasteiger partial charge in [-0.15, -0.1) is 0 Å². The maximum atomic E-state index is 5.84. The molecule has 3 aromatic heterocycles. The second-order valence-electron chi connectivity index (χ2n) is 5.18. The summed E-state index contributed by atoms with van der Waals surface area (Å²) in [7, 11) is 0. The van der Waals surface area contributed by atoms with Crippen molar-refractivity contribution in [3.63, 3.8) is 0 Å². The lowest BCUT2D eigenvalue weighted by atomic mass is 10.1. The molecule has 0 aliphatic rings. The van der Waals surface area contributed by atoms with E-state index < -0.39 is 0 Å². The van der Waals surface area contributed by atoms with E-state index in [-0.39, 0.29) is 6.23 Å². The highest BCUT2D eigenvalue weighted by molar-refractivity contribution is 5.76. The van der Waals surface area contributed by atoms with E-state index in [1.165, 1.54) is 0 Å². The predicted molar refractivity (Wildman–Crippen MR) is 86.5 cm³/mol. The molecule has 7 nitrogen and oxygen atoms in total. The number of nitrogens with zero attached hydrogens (tertiary/aromatic N) is 5. The standard InChI is InChI=1S/C16H21N5O2/c1-5-22-12(4)21-10-13(9-17-21)14-7-8-20-16(15(14)23-6-2)18-11(3)19-20/h7-10,12H,5-6H2,1-4H3. The first kappa shape index (κ1) is 15.5. The molecule has 3 aromatic rings. The van der Waals surface area contributed by atoms with Gasteiger partial charge >= 0.3 is 0 Å². The molecule has 0 saturated heterocycles. The smallest absolute Gasteiger partial charge is 0.198 e. The topological polar surface area (TPSA) is 66.5 Å². The van der Waals surface area contributed by atoms with Gasteiger partial charge in [0.2, 0.25) is 0 Å². The van der Waals surface area contributed by atoms with Crippen LogP contribution in [0, 0.1) is 6.92 Å². The Kier molecular flexibility index (Phi) is 4.29. The molecule has 0 spiro atoms. The molecule has 0 bridgehead atoms. The third kappa shape index (κ3) is 2.92. The quantitative estimate of drug-likeness (QED) is 0.700. The largest absolute Gasteiger partial charge is 0.489 e. The SMILES string of the molecule is CCOc1c(-c2cnn(C(C)OCC)c2)ccn2nc(C)nc12. The highest BCUT2D eigenvalue weighted by Gasteiger charge is 2.16. The maximum Gasteiger partial charge on any atom is 0.198 e. The van der Waals surface area contributed by atoms with Crippen molar-refractivity contribution < 1.29 is 9.47 Å². The minimum Gasteiger partial charge on any atom is -0.489 e. The minimum absolute atomic E-state index is 0.108. The number of aromatic nitrogens is 5. The monoisotopic (exact) mass is 315 g/mol. The van der Waals surface area contributed by atoms with Crippen LogP contribution in [0.5, 0.6) is 5.75 Å². The van der Waals surface area contributed by atoms with Crippen molar-refractivity contribution >= 4 is 5.65 Å². The first-order chi connectivity index (χ1) is 11.1. The fraction of sp³-hybridized carbons (Fsp3) is 0.438. The third-order valence-electron chi connectivity index (χ3n) is 3.55. The molecule has 0 aliphatic heterocycles. The van der Waals surface area contributed by atoms with Gasteiger partial charge in [-0.2, -0.15) is 10.2 Å². The third-order valence-corrected chi connectivity index (χ3v) is 3.55. The van der Waals surface area contributed by atoms with Gasteiger partial charge in [0.25, 0.3) is 0 Å². The van der Waals surface area contributed by atoms with Gasteiger partial charge in [-0.3, -0.25) is 0 Å². The molecular formula is C16H21N5O2. The molecule has 3 rings (SSSR count). The zero-order chi connectivity index (χ0) is 16.4. The van der Waals surface area contributed by atoms with Crippen molar-refractivity contribution in [2.75, 3.05) is 13.2 Å². The van der Waals surface area contributed by atoms with Gasteiger partial charge in [-0.05, 0) is 33.8 Å². The van der Waals surface area contributed by atoms with E-state index in [0.717, 1.165) is 16.9 Å². The molecular weight excluding hydrogens is 294 g/mol. The Morgan fingerprint density at radius 1 is 1.26 bits per heavy atom. The molecule has 1 atom stereocenters. The Hall–Kier alpha value is -2.41. The molecule has 1 unspecified atom stereocenters. The number of pyridine rings is 1. The summed E-state index contributed by atoms with van der Waals surface area (Å²) in [5.41, 5.74) is 2.62. The Labute approximate surface area is 134 Å². The number of aryl methyl sites for hydroxylation is 1. The van der Waals surface area contributed by atoms with Crippen molar-refractivity contribution in [2.24, 2.45) is 0 Å². The van der Waals surface area contributed by atoms with Gasteiger partial charge in [0.1, 0.15) is 12.1 Å². The van der Waals surface area contributed by atoms with E-state index in [9.17, 15) is 0 Å². The van der Waals surface area contributed by atoms with E-state index in [1.54, 1.807) is 9.20 Å². The van der Waals surface area contributed by atoms with Crippen LogP contribution in [0.25, 0.3) is 16.8 Å². The summed E-state index contributed by atoms with van der Waals surface area (Å²) in [6, 6.07) is 1.97. The van der Waals surface area contributed by atoms with Crippen molar-refractivity contribution in [3.05, 3.63) is 30.5 Å². The first-order valence-corrected chi connectivity index (χ1v) is 7.79. The molecule has 0 saturated carbocycles. The molecule has 0 amide bonds. The average Bonchev–Trinajstić information content (AvgIpc) is 3.14. The van der Waals surface area contributed by atoms with Crippen LogP contribution in [-0.2, 0) is 4.74 Å². The number of hydrogen-bond acceptors (Lipinski definition) is 5. The van der Waals surface area contributed by atoms with Crippen LogP contribution in [0.4, 0.5) is 0 Å². The summed E-state index contributed by atoms with van der Waals surface area (Å²) in [6.07, 6.45) is 5.55. The summed E-state index contributed by atoms with van der Waals surface area (Å²) in [6.45, 7) is 8.96. The molecule has 23 heavy (non-hydrogen) atoms. The van der Waals surface area contributed by atoms with Gasteiger partial charge in [-0.25, -0.2) is 14.2 Å². The Bertz CT molecular complexity index is 808. The predicted octanol–water partition coefficient (Wildman–Crippen LogP) is 2.85. The Balaban J connectivity index is 2.06. The van der Waals surface area contributed by atoms with Crippen LogP contribution in [0.15, 0.2) is 24.7 Å². The summed E-state index contributed by atoms with van der Waals surface area (Å²) in [4.78, 5) is 4.46. The van der Waals surface area contributed by atoms with Gasteiger partial charge < -0.3 is 9.47 Å². The van der Waals surface area contributed by atoms with Crippen molar-refractivity contribution in [2.45, 2.75) is 33.9 Å². The number of rotatable bonds is 6. The fourth-order valence-corrected chi connectivity index (χ4v) is 2.54.